The topological polar surface area (TPSA) is 41.1 Å². The molecule has 104 valence electrons. The molecule has 1 aliphatic rings. The van der Waals surface area contributed by atoms with Crippen LogP contribution in [-0.2, 0) is 4.79 Å². The van der Waals surface area contributed by atoms with E-state index in [2.05, 4.69) is 16.7 Å². The Balaban J connectivity index is 2.22. The Hall–Kier alpha value is -0.830. The van der Waals surface area contributed by atoms with E-state index in [0.717, 1.165) is 13.0 Å². The number of hydrogen-bond acceptors (Lipinski definition) is 2. The van der Waals surface area contributed by atoms with Crippen molar-refractivity contribution in [2.45, 2.75) is 71.4 Å². The van der Waals surface area contributed by atoms with Crippen molar-refractivity contribution in [1.29, 1.82) is 0 Å². The zero-order chi connectivity index (χ0) is 13.6. The Morgan fingerprint density at radius 2 is 2.11 bits per heavy atom. The standard InChI is InChI=1S/C15H28N2O/c1-12(14(18)17-15(2,3)4)16-11-10-13-8-6-5-7-9-13/h8,12,16H,5-7,9-11H2,1-4H3,(H,17,18). The average Bonchev–Trinajstić information content (AvgIpc) is 2.28. The van der Waals surface area contributed by atoms with Gasteiger partial charge in [-0.3, -0.25) is 4.79 Å². The minimum atomic E-state index is -0.154. The Kier molecular flexibility index (Phi) is 5.86. The Morgan fingerprint density at radius 1 is 1.39 bits per heavy atom. The number of carbonyl (C=O) groups excluding carboxylic acids is 1. The zero-order valence-corrected chi connectivity index (χ0v) is 12.3. The molecule has 3 heteroatoms. The third-order valence-corrected chi connectivity index (χ3v) is 3.17. The number of allylic oxidation sites excluding steroid dienone is 1. The SMILES string of the molecule is CC(NCCC1=CCCCC1)C(=O)NC(C)(C)C. The predicted molar refractivity (Wildman–Crippen MR) is 76.5 cm³/mol. The lowest BCUT2D eigenvalue weighted by molar-refractivity contribution is -0.124. The minimum Gasteiger partial charge on any atom is -0.350 e. The first-order valence-electron chi connectivity index (χ1n) is 7.12. The van der Waals surface area contributed by atoms with Gasteiger partial charge in [-0.15, -0.1) is 0 Å². The summed E-state index contributed by atoms with van der Waals surface area (Å²) >= 11 is 0. The molecule has 2 N–H and O–H groups in total. The van der Waals surface area contributed by atoms with E-state index in [1.807, 2.05) is 27.7 Å². The first-order valence-corrected chi connectivity index (χ1v) is 7.12. The molecule has 0 aliphatic heterocycles. The van der Waals surface area contributed by atoms with Crippen molar-refractivity contribution in [3.63, 3.8) is 0 Å². The summed E-state index contributed by atoms with van der Waals surface area (Å²) in [7, 11) is 0. The summed E-state index contributed by atoms with van der Waals surface area (Å²) < 4.78 is 0. The Morgan fingerprint density at radius 3 is 2.67 bits per heavy atom. The van der Waals surface area contributed by atoms with Crippen LogP contribution in [0.25, 0.3) is 0 Å². The number of carbonyl (C=O) groups is 1. The van der Waals surface area contributed by atoms with Crippen molar-refractivity contribution in [1.82, 2.24) is 10.6 Å². The van der Waals surface area contributed by atoms with Crippen LogP contribution in [-0.4, -0.2) is 24.0 Å². The molecule has 18 heavy (non-hydrogen) atoms. The number of hydrogen-bond donors (Lipinski definition) is 2. The van der Waals surface area contributed by atoms with Gasteiger partial charge in [-0.25, -0.2) is 0 Å². The molecule has 0 aromatic carbocycles. The lowest BCUT2D eigenvalue weighted by Gasteiger charge is -2.24. The molecule has 0 fully saturated rings. The van der Waals surface area contributed by atoms with E-state index in [1.165, 1.54) is 25.7 Å². The fourth-order valence-electron chi connectivity index (χ4n) is 2.15. The maximum Gasteiger partial charge on any atom is 0.237 e. The summed E-state index contributed by atoms with van der Waals surface area (Å²) in [6.07, 6.45) is 8.57. The van der Waals surface area contributed by atoms with E-state index in [9.17, 15) is 4.79 Å². The van der Waals surface area contributed by atoms with Gasteiger partial charge in [0.15, 0.2) is 0 Å². The molecule has 0 saturated heterocycles. The maximum atomic E-state index is 11.9. The smallest absolute Gasteiger partial charge is 0.237 e. The summed E-state index contributed by atoms with van der Waals surface area (Å²) in [4.78, 5) is 11.9. The molecule has 1 amide bonds. The summed E-state index contributed by atoms with van der Waals surface area (Å²) in [6, 6.07) is -0.117. The Bertz CT molecular complexity index is 302. The second-order valence-corrected chi connectivity index (χ2v) is 6.27. The van der Waals surface area contributed by atoms with E-state index in [0.29, 0.717) is 0 Å². The molecule has 0 saturated carbocycles. The normalized spacial score (nSPS) is 18.1. The summed E-state index contributed by atoms with van der Waals surface area (Å²) in [6.45, 7) is 8.83. The van der Waals surface area contributed by atoms with Crippen LogP contribution in [0.2, 0.25) is 0 Å². The van der Waals surface area contributed by atoms with Gasteiger partial charge in [0.1, 0.15) is 0 Å². The van der Waals surface area contributed by atoms with E-state index in [4.69, 9.17) is 0 Å². The van der Waals surface area contributed by atoms with E-state index in [1.54, 1.807) is 5.57 Å². The quantitative estimate of drug-likeness (QED) is 0.739. The van der Waals surface area contributed by atoms with Crippen molar-refractivity contribution in [3.05, 3.63) is 11.6 Å². The maximum absolute atomic E-state index is 11.9. The van der Waals surface area contributed by atoms with Crippen LogP contribution in [0.4, 0.5) is 0 Å². The highest BCUT2D eigenvalue weighted by atomic mass is 16.2. The average molecular weight is 252 g/mol. The fourth-order valence-corrected chi connectivity index (χ4v) is 2.15. The molecule has 0 aromatic heterocycles. The van der Waals surface area contributed by atoms with Crippen LogP contribution in [0.1, 0.15) is 59.8 Å². The third kappa shape index (κ3) is 6.20. The van der Waals surface area contributed by atoms with Crippen molar-refractivity contribution in [2.24, 2.45) is 0 Å². The van der Waals surface area contributed by atoms with Crippen molar-refractivity contribution >= 4 is 5.91 Å². The highest BCUT2D eigenvalue weighted by Crippen LogP contribution is 2.19. The van der Waals surface area contributed by atoms with E-state index in [-0.39, 0.29) is 17.5 Å². The van der Waals surface area contributed by atoms with Crippen molar-refractivity contribution in [3.8, 4) is 0 Å². The van der Waals surface area contributed by atoms with Crippen LogP contribution >= 0.6 is 0 Å². The third-order valence-electron chi connectivity index (χ3n) is 3.17. The lowest BCUT2D eigenvalue weighted by atomic mass is 9.97. The number of nitrogens with one attached hydrogen (secondary N) is 2. The summed E-state index contributed by atoms with van der Waals surface area (Å²) in [5.74, 6) is 0.0834. The van der Waals surface area contributed by atoms with Crippen LogP contribution in [0.5, 0.6) is 0 Å². The molecule has 0 aromatic rings. The molecule has 1 rings (SSSR count). The summed E-state index contributed by atoms with van der Waals surface area (Å²) in [5.41, 5.74) is 1.40. The van der Waals surface area contributed by atoms with Crippen LogP contribution in [0.15, 0.2) is 11.6 Å². The molecular weight excluding hydrogens is 224 g/mol. The first kappa shape index (κ1) is 15.2. The van der Waals surface area contributed by atoms with Crippen LogP contribution < -0.4 is 10.6 Å². The molecule has 0 bridgehead atoms. The molecule has 3 nitrogen and oxygen atoms in total. The van der Waals surface area contributed by atoms with Crippen molar-refractivity contribution in [2.75, 3.05) is 6.54 Å². The predicted octanol–water partition coefficient (Wildman–Crippen LogP) is 2.77. The van der Waals surface area contributed by atoms with E-state index < -0.39 is 0 Å². The van der Waals surface area contributed by atoms with Gasteiger partial charge < -0.3 is 10.6 Å². The molecule has 0 spiro atoms. The first-order chi connectivity index (χ1) is 8.38. The minimum absolute atomic E-state index is 0.0834. The van der Waals surface area contributed by atoms with Gasteiger partial charge >= 0.3 is 0 Å². The molecule has 0 radical (unpaired) electrons. The fraction of sp³-hybridized carbons (Fsp3) is 0.800. The highest BCUT2D eigenvalue weighted by Gasteiger charge is 2.18. The van der Waals surface area contributed by atoms with Crippen LogP contribution in [0, 0.1) is 0 Å². The van der Waals surface area contributed by atoms with Gasteiger partial charge in [0.05, 0.1) is 6.04 Å². The van der Waals surface area contributed by atoms with Gasteiger partial charge in [-0.05, 0) is 66.3 Å². The molecule has 1 aliphatic carbocycles. The van der Waals surface area contributed by atoms with Gasteiger partial charge in [-0.1, -0.05) is 11.6 Å². The number of rotatable bonds is 5. The zero-order valence-electron chi connectivity index (χ0n) is 12.3. The summed E-state index contributed by atoms with van der Waals surface area (Å²) in [5, 5.41) is 6.29. The van der Waals surface area contributed by atoms with Crippen LogP contribution in [0.3, 0.4) is 0 Å². The second-order valence-electron chi connectivity index (χ2n) is 6.27. The molecular formula is C15H28N2O. The van der Waals surface area contributed by atoms with Gasteiger partial charge in [-0.2, -0.15) is 0 Å². The van der Waals surface area contributed by atoms with Gasteiger partial charge in [0.25, 0.3) is 0 Å². The van der Waals surface area contributed by atoms with E-state index >= 15 is 0 Å². The van der Waals surface area contributed by atoms with Gasteiger partial charge in [0, 0.05) is 5.54 Å². The molecule has 1 atom stereocenters. The molecule has 0 heterocycles. The monoisotopic (exact) mass is 252 g/mol. The largest absolute Gasteiger partial charge is 0.350 e. The second kappa shape index (κ2) is 6.93. The van der Waals surface area contributed by atoms with Crippen molar-refractivity contribution < 1.29 is 4.79 Å². The lowest BCUT2D eigenvalue weighted by Crippen LogP contribution is -2.49. The highest BCUT2D eigenvalue weighted by molar-refractivity contribution is 5.81. The Labute approximate surface area is 111 Å². The number of amides is 1. The molecule has 1 unspecified atom stereocenters. The van der Waals surface area contributed by atoms with Gasteiger partial charge in [0.2, 0.25) is 5.91 Å².